The summed E-state index contributed by atoms with van der Waals surface area (Å²) in [5.41, 5.74) is 7.45. The lowest BCUT2D eigenvalue weighted by Gasteiger charge is -2.22. The van der Waals surface area contributed by atoms with Crippen LogP contribution in [0.4, 0.5) is 0 Å². The van der Waals surface area contributed by atoms with Crippen molar-refractivity contribution in [3.05, 3.63) is 29.3 Å². The van der Waals surface area contributed by atoms with Crippen LogP contribution in [0.1, 0.15) is 50.8 Å². The van der Waals surface area contributed by atoms with Crippen LogP contribution in [0, 0.1) is 0 Å². The number of amides is 1. The van der Waals surface area contributed by atoms with E-state index < -0.39 is 0 Å². The number of carbonyl (C=O) groups is 1. The van der Waals surface area contributed by atoms with Crippen LogP contribution >= 0.6 is 0 Å². The molecule has 3 N–H and O–H groups in total. The van der Waals surface area contributed by atoms with E-state index in [1.165, 1.54) is 5.56 Å². The van der Waals surface area contributed by atoms with Crippen LogP contribution in [0.5, 0.6) is 5.75 Å². The van der Waals surface area contributed by atoms with Crippen molar-refractivity contribution in [1.29, 1.82) is 0 Å². The number of nitrogens with one attached hydrogen (secondary N) is 1. The number of ether oxygens (including phenoxy) is 1. The van der Waals surface area contributed by atoms with Crippen molar-refractivity contribution in [2.24, 2.45) is 5.73 Å². The van der Waals surface area contributed by atoms with E-state index in [1.807, 2.05) is 12.1 Å². The Kier molecular flexibility index (Phi) is 4.33. The highest BCUT2D eigenvalue weighted by Crippen LogP contribution is 2.40. The summed E-state index contributed by atoms with van der Waals surface area (Å²) in [6, 6.07) is 6.07. The predicted octanol–water partition coefficient (Wildman–Crippen LogP) is 2.32. The van der Waals surface area contributed by atoms with E-state index in [9.17, 15) is 4.79 Å². The number of fused-ring (bicyclic) bond motifs is 1. The summed E-state index contributed by atoms with van der Waals surface area (Å²) in [5.74, 6) is 0.626. The fourth-order valence-corrected chi connectivity index (χ4v) is 2.73. The van der Waals surface area contributed by atoms with Gasteiger partial charge in [-0.2, -0.15) is 0 Å². The SMILES string of the molecule is CCCNC(CC(N)=O)c1cccc2c1OC(C)(C)C2. The van der Waals surface area contributed by atoms with Crippen molar-refractivity contribution in [2.45, 2.75) is 51.7 Å². The van der Waals surface area contributed by atoms with E-state index in [-0.39, 0.29) is 17.6 Å². The van der Waals surface area contributed by atoms with E-state index >= 15 is 0 Å². The smallest absolute Gasteiger partial charge is 0.219 e. The molecule has 0 fully saturated rings. The fraction of sp³-hybridized carbons (Fsp3) is 0.562. The number of hydrogen-bond donors (Lipinski definition) is 2. The topological polar surface area (TPSA) is 64.3 Å². The van der Waals surface area contributed by atoms with Crippen LogP contribution in [0.3, 0.4) is 0 Å². The zero-order valence-corrected chi connectivity index (χ0v) is 12.5. The largest absolute Gasteiger partial charge is 0.487 e. The normalized spacial score (nSPS) is 17.4. The lowest BCUT2D eigenvalue weighted by molar-refractivity contribution is -0.118. The van der Waals surface area contributed by atoms with E-state index in [0.717, 1.165) is 30.7 Å². The van der Waals surface area contributed by atoms with Crippen LogP contribution in [0.2, 0.25) is 0 Å². The Balaban J connectivity index is 2.30. The average molecular weight is 276 g/mol. The molecule has 1 aromatic rings. The number of para-hydroxylation sites is 1. The molecule has 20 heavy (non-hydrogen) atoms. The molecule has 1 aromatic carbocycles. The van der Waals surface area contributed by atoms with Gasteiger partial charge in [-0.05, 0) is 32.4 Å². The summed E-state index contributed by atoms with van der Waals surface area (Å²) in [5, 5.41) is 3.39. The molecule has 1 aliphatic heterocycles. The van der Waals surface area contributed by atoms with Crippen molar-refractivity contribution in [3.63, 3.8) is 0 Å². The highest BCUT2D eigenvalue weighted by atomic mass is 16.5. The highest BCUT2D eigenvalue weighted by Gasteiger charge is 2.33. The summed E-state index contributed by atoms with van der Waals surface area (Å²) >= 11 is 0. The minimum absolute atomic E-state index is 0.0729. The monoisotopic (exact) mass is 276 g/mol. The van der Waals surface area contributed by atoms with E-state index in [4.69, 9.17) is 10.5 Å². The van der Waals surface area contributed by atoms with Gasteiger partial charge in [0, 0.05) is 24.4 Å². The lowest BCUT2D eigenvalue weighted by Crippen LogP contribution is -2.28. The van der Waals surface area contributed by atoms with Crippen molar-refractivity contribution < 1.29 is 9.53 Å². The molecule has 4 nitrogen and oxygen atoms in total. The molecular weight excluding hydrogens is 252 g/mol. The third kappa shape index (κ3) is 3.31. The van der Waals surface area contributed by atoms with Crippen molar-refractivity contribution in [2.75, 3.05) is 6.54 Å². The molecule has 1 heterocycles. The Hall–Kier alpha value is -1.55. The van der Waals surface area contributed by atoms with Crippen LogP contribution < -0.4 is 15.8 Å². The standard InChI is InChI=1S/C16H24N2O2/c1-4-8-18-13(9-14(17)19)12-7-5-6-11-10-16(2,3)20-15(11)12/h5-7,13,18H,4,8-10H2,1-3H3,(H2,17,19). The number of carbonyl (C=O) groups excluding carboxylic acids is 1. The first-order chi connectivity index (χ1) is 9.43. The second kappa shape index (κ2) is 5.83. The van der Waals surface area contributed by atoms with Gasteiger partial charge < -0.3 is 15.8 Å². The van der Waals surface area contributed by atoms with E-state index in [0.29, 0.717) is 6.42 Å². The van der Waals surface area contributed by atoms with Gasteiger partial charge in [0.1, 0.15) is 11.4 Å². The molecule has 0 aliphatic carbocycles. The van der Waals surface area contributed by atoms with Gasteiger partial charge in [0.05, 0.1) is 0 Å². The van der Waals surface area contributed by atoms with Gasteiger partial charge in [0.15, 0.2) is 0 Å². The highest BCUT2D eigenvalue weighted by molar-refractivity contribution is 5.75. The van der Waals surface area contributed by atoms with Crippen molar-refractivity contribution in [1.82, 2.24) is 5.32 Å². The number of nitrogens with two attached hydrogens (primary N) is 1. The Morgan fingerprint density at radius 1 is 1.50 bits per heavy atom. The summed E-state index contributed by atoms with van der Waals surface area (Å²) in [4.78, 5) is 11.3. The Bertz CT molecular complexity index is 497. The van der Waals surface area contributed by atoms with Crippen molar-refractivity contribution >= 4 is 5.91 Å². The number of hydrogen-bond acceptors (Lipinski definition) is 3. The van der Waals surface area contributed by atoms with Gasteiger partial charge in [-0.25, -0.2) is 0 Å². The molecule has 0 saturated heterocycles. The first-order valence-corrected chi connectivity index (χ1v) is 7.25. The molecule has 2 rings (SSSR count). The molecule has 1 atom stereocenters. The van der Waals surface area contributed by atoms with Crippen LogP contribution in [-0.2, 0) is 11.2 Å². The summed E-state index contributed by atoms with van der Waals surface area (Å²) in [6.45, 7) is 7.12. The van der Waals surface area contributed by atoms with Crippen LogP contribution in [0.25, 0.3) is 0 Å². The molecule has 0 spiro atoms. The first kappa shape index (κ1) is 14.9. The van der Waals surface area contributed by atoms with E-state index in [1.54, 1.807) is 0 Å². The predicted molar refractivity (Wildman–Crippen MR) is 79.7 cm³/mol. The second-order valence-corrected chi connectivity index (χ2v) is 6.05. The number of rotatable bonds is 6. The fourth-order valence-electron chi connectivity index (χ4n) is 2.73. The van der Waals surface area contributed by atoms with Gasteiger partial charge in [0.2, 0.25) is 5.91 Å². The average Bonchev–Trinajstić information content (AvgIpc) is 2.67. The molecule has 0 aromatic heterocycles. The van der Waals surface area contributed by atoms with Gasteiger partial charge in [-0.3, -0.25) is 4.79 Å². The molecule has 1 amide bonds. The molecule has 110 valence electrons. The third-order valence-corrected chi connectivity index (χ3v) is 3.54. The van der Waals surface area contributed by atoms with Gasteiger partial charge >= 0.3 is 0 Å². The quantitative estimate of drug-likeness (QED) is 0.838. The Morgan fingerprint density at radius 3 is 2.90 bits per heavy atom. The van der Waals surface area contributed by atoms with Crippen LogP contribution in [-0.4, -0.2) is 18.1 Å². The molecule has 0 saturated carbocycles. The summed E-state index contributed by atoms with van der Waals surface area (Å²) in [7, 11) is 0. The number of primary amides is 1. The molecule has 4 heteroatoms. The zero-order valence-electron chi connectivity index (χ0n) is 12.5. The van der Waals surface area contributed by atoms with Gasteiger partial charge in [-0.1, -0.05) is 25.1 Å². The summed E-state index contributed by atoms with van der Waals surface area (Å²) < 4.78 is 6.08. The lowest BCUT2D eigenvalue weighted by atomic mass is 9.96. The molecular formula is C16H24N2O2. The zero-order chi connectivity index (χ0) is 14.8. The maximum absolute atomic E-state index is 11.3. The minimum Gasteiger partial charge on any atom is -0.487 e. The second-order valence-electron chi connectivity index (χ2n) is 6.05. The van der Waals surface area contributed by atoms with Crippen LogP contribution in [0.15, 0.2) is 18.2 Å². The minimum atomic E-state index is -0.298. The maximum atomic E-state index is 11.3. The molecule has 1 aliphatic rings. The molecule has 0 bridgehead atoms. The maximum Gasteiger partial charge on any atom is 0.219 e. The van der Waals surface area contributed by atoms with E-state index in [2.05, 4.69) is 32.2 Å². The van der Waals surface area contributed by atoms with Gasteiger partial charge in [-0.15, -0.1) is 0 Å². The molecule has 0 radical (unpaired) electrons. The third-order valence-electron chi connectivity index (χ3n) is 3.54. The molecule has 1 unspecified atom stereocenters. The number of benzene rings is 1. The Labute approximate surface area is 120 Å². The van der Waals surface area contributed by atoms with Gasteiger partial charge in [0.25, 0.3) is 0 Å². The first-order valence-electron chi connectivity index (χ1n) is 7.25. The summed E-state index contributed by atoms with van der Waals surface area (Å²) in [6.07, 6.45) is 2.20. The Morgan fingerprint density at radius 2 is 2.25 bits per heavy atom. The van der Waals surface area contributed by atoms with Crippen molar-refractivity contribution in [3.8, 4) is 5.75 Å².